The third-order valence-electron chi connectivity index (χ3n) is 3.81. The molecule has 8 heteroatoms. The summed E-state index contributed by atoms with van der Waals surface area (Å²) in [6.45, 7) is 7.21. The van der Waals surface area contributed by atoms with Gasteiger partial charge in [-0.2, -0.15) is 10.1 Å². The lowest BCUT2D eigenvalue weighted by atomic mass is 10.3. The minimum absolute atomic E-state index is 0.429. The zero-order chi connectivity index (χ0) is 16.2. The summed E-state index contributed by atoms with van der Waals surface area (Å²) in [5.74, 6) is 1.25. The van der Waals surface area contributed by atoms with Crippen LogP contribution in [-0.4, -0.2) is 52.8 Å². The van der Waals surface area contributed by atoms with Gasteiger partial charge in [0.05, 0.1) is 6.20 Å². The second-order valence-electron chi connectivity index (χ2n) is 5.34. The number of hydrogen-bond acceptors (Lipinski definition) is 6. The fourth-order valence-corrected chi connectivity index (χ4v) is 3.07. The molecule has 122 valence electrons. The van der Waals surface area contributed by atoms with Crippen LogP contribution >= 0.6 is 23.2 Å². The molecule has 1 aliphatic rings. The standard InChI is InChI=1S/C15H18Cl2N6/c1-2-22-3-5-23(6-4-22)14-10-18-21-15(20-14)19-13-8-11(16)7-12(17)9-13/h7-10H,2-6H2,1H3,(H,19,20,21). The molecule has 1 N–H and O–H groups in total. The number of nitrogens with zero attached hydrogens (tertiary/aromatic N) is 5. The first-order valence-corrected chi connectivity index (χ1v) is 8.30. The smallest absolute Gasteiger partial charge is 0.249 e. The Bertz CT molecular complexity index is 653. The highest BCUT2D eigenvalue weighted by molar-refractivity contribution is 6.35. The van der Waals surface area contributed by atoms with Gasteiger partial charge in [0.1, 0.15) is 0 Å². The normalized spacial score (nSPS) is 15.7. The Morgan fingerprint density at radius 2 is 1.78 bits per heavy atom. The summed E-state index contributed by atoms with van der Waals surface area (Å²) in [5, 5.41) is 12.3. The van der Waals surface area contributed by atoms with Crippen molar-refractivity contribution in [3.8, 4) is 0 Å². The average molecular weight is 353 g/mol. The zero-order valence-corrected chi connectivity index (χ0v) is 14.3. The molecule has 1 saturated heterocycles. The van der Waals surface area contributed by atoms with Crippen molar-refractivity contribution in [2.24, 2.45) is 0 Å². The van der Waals surface area contributed by atoms with Crippen molar-refractivity contribution in [3.63, 3.8) is 0 Å². The van der Waals surface area contributed by atoms with E-state index in [0.717, 1.165) is 44.2 Å². The van der Waals surface area contributed by atoms with Crippen molar-refractivity contribution in [1.82, 2.24) is 20.1 Å². The topological polar surface area (TPSA) is 57.2 Å². The first-order valence-electron chi connectivity index (χ1n) is 7.54. The number of rotatable bonds is 4. The fourth-order valence-electron chi connectivity index (χ4n) is 2.55. The molecule has 1 aliphatic heterocycles. The van der Waals surface area contributed by atoms with Crippen LogP contribution in [0.2, 0.25) is 10.0 Å². The number of piperazine rings is 1. The Hall–Kier alpha value is -1.63. The summed E-state index contributed by atoms with van der Waals surface area (Å²) in [6.07, 6.45) is 1.69. The largest absolute Gasteiger partial charge is 0.353 e. The van der Waals surface area contributed by atoms with Crippen LogP contribution in [0.5, 0.6) is 0 Å². The van der Waals surface area contributed by atoms with Gasteiger partial charge >= 0.3 is 0 Å². The van der Waals surface area contributed by atoms with E-state index in [1.54, 1.807) is 24.4 Å². The van der Waals surface area contributed by atoms with Crippen molar-refractivity contribution in [1.29, 1.82) is 0 Å². The maximum absolute atomic E-state index is 6.00. The highest BCUT2D eigenvalue weighted by atomic mass is 35.5. The van der Waals surface area contributed by atoms with Crippen LogP contribution in [-0.2, 0) is 0 Å². The van der Waals surface area contributed by atoms with E-state index in [4.69, 9.17) is 23.2 Å². The molecular weight excluding hydrogens is 335 g/mol. The molecule has 0 saturated carbocycles. The van der Waals surface area contributed by atoms with Crippen LogP contribution in [0.3, 0.4) is 0 Å². The van der Waals surface area contributed by atoms with Crippen molar-refractivity contribution in [2.75, 3.05) is 42.9 Å². The van der Waals surface area contributed by atoms with Gasteiger partial charge in [-0.25, -0.2) is 0 Å². The van der Waals surface area contributed by atoms with Gasteiger partial charge in [0.25, 0.3) is 0 Å². The summed E-state index contributed by atoms with van der Waals surface area (Å²) < 4.78 is 0. The van der Waals surface area contributed by atoms with E-state index in [-0.39, 0.29) is 0 Å². The Morgan fingerprint density at radius 1 is 1.09 bits per heavy atom. The molecule has 0 amide bonds. The molecule has 1 aromatic carbocycles. The predicted octanol–water partition coefficient (Wildman–Crippen LogP) is 3.06. The quantitative estimate of drug-likeness (QED) is 0.912. The third kappa shape index (κ3) is 4.22. The predicted molar refractivity (Wildman–Crippen MR) is 93.9 cm³/mol. The fraction of sp³-hybridized carbons (Fsp3) is 0.400. The van der Waals surface area contributed by atoms with E-state index >= 15 is 0 Å². The lowest BCUT2D eigenvalue weighted by molar-refractivity contribution is 0.270. The molecular formula is C15H18Cl2N6. The number of aromatic nitrogens is 3. The van der Waals surface area contributed by atoms with Crippen molar-refractivity contribution >= 4 is 40.7 Å². The Labute approximate surface area is 145 Å². The Morgan fingerprint density at radius 3 is 2.43 bits per heavy atom. The molecule has 2 heterocycles. The number of benzene rings is 1. The Balaban J connectivity index is 1.72. The molecule has 2 aromatic rings. The van der Waals surface area contributed by atoms with Crippen molar-refractivity contribution < 1.29 is 0 Å². The highest BCUT2D eigenvalue weighted by Gasteiger charge is 2.17. The maximum atomic E-state index is 6.00. The van der Waals surface area contributed by atoms with E-state index in [0.29, 0.717) is 16.0 Å². The van der Waals surface area contributed by atoms with Gasteiger partial charge < -0.3 is 15.1 Å². The van der Waals surface area contributed by atoms with E-state index in [9.17, 15) is 0 Å². The number of anilines is 3. The second kappa shape index (κ2) is 7.29. The molecule has 0 atom stereocenters. The average Bonchev–Trinajstić information content (AvgIpc) is 2.54. The van der Waals surface area contributed by atoms with Crippen LogP contribution in [0.4, 0.5) is 17.5 Å². The minimum atomic E-state index is 0.429. The summed E-state index contributed by atoms with van der Waals surface area (Å²) in [7, 11) is 0. The third-order valence-corrected chi connectivity index (χ3v) is 4.24. The van der Waals surface area contributed by atoms with Crippen LogP contribution in [0, 0.1) is 0 Å². The molecule has 0 bridgehead atoms. The lowest BCUT2D eigenvalue weighted by Gasteiger charge is -2.34. The molecule has 0 radical (unpaired) electrons. The first kappa shape index (κ1) is 16.2. The minimum Gasteiger partial charge on any atom is -0.353 e. The second-order valence-corrected chi connectivity index (χ2v) is 6.22. The van der Waals surface area contributed by atoms with Gasteiger partial charge in [0.2, 0.25) is 5.95 Å². The van der Waals surface area contributed by atoms with E-state index < -0.39 is 0 Å². The van der Waals surface area contributed by atoms with Crippen LogP contribution in [0.1, 0.15) is 6.92 Å². The molecule has 0 spiro atoms. The van der Waals surface area contributed by atoms with Gasteiger partial charge in [-0.15, -0.1) is 5.10 Å². The monoisotopic (exact) mass is 352 g/mol. The summed E-state index contributed by atoms with van der Waals surface area (Å²) in [6, 6.07) is 5.21. The lowest BCUT2D eigenvalue weighted by Crippen LogP contribution is -2.46. The molecule has 0 unspecified atom stereocenters. The van der Waals surface area contributed by atoms with E-state index in [1.807, 2.05) is 0 Å². The molecule has 23 heavy (non-hydrogen) atoms. The summed E-state index contributed by atoms with van der Waals surface area (Å²) >= 11 is 12.0. The molecule has 1 fully saturated rings. The van der Waals surface area contributed by atoms with Gasteiger partial charge in [-0.05, 0) is 24.7 Å². The van der Waals surface area contributed by atoms with Gasteiger partial charge in [0, 0.05) is 41.9 Å². The number of hydrogen-bond donors (Lipinski definition) is 1. The van der Waals surface area contributed by atoms with Gasteiger partial charge in [-0.1, -0.05) is 30.1 Å². The van der Waals surface area contributed by atoms with Crippen molar-refractivity contribution in [3.05, 3.63) is 34.4 Å². The van der Waals surface area contributed by atoms with Gasteiger partial charge in [0.15, 0.2) is 5.82 Å². The summed E-state index contributed by atoms with van der Waals surface area (Å²) in [4.78, 5) is 9.17. The van der Waals surface area contributed by atoms with Crippen LogP contribution < -0.4 is 10.2 Å². The Kier molecular flexibility index (Phi) is 5.15. The number of likely N-dealkylation sites (N-methyl/N-ethyl adjacent to an activating group) is 1. The molecule has 6 nitrogen and oxygen atoms in total. The summed E-state index contributed by atoms with van der Waals surface area (Å²) in [5.41, 5.74) is 0.734. The highest BCUT2D eigenvalue weighted by Crippen LogP contribution is 2.24. The van der Waals surface area contributed by atoms with E-state index in [2.05, 4.69) is 37.2 Å². The zero-order valence-electron chi connectivity index (χ0n) is 12.8. The molecule has 1 aromatic heterocycles. The maximum Gasteiger partial charge on any atom is 0.249 e. The van der Waals surface area contributed by atoms with Crippen LogP contribution in [0.15, 0.2) is 24.4 Å². The van der Waals surface area contributed by atoms with Crippen molar-refractivity contribution in [2.45, 2.75) is 6.92 Å². The first-order chi connectivity index (χ1) is 11.1. The van der Waals surface area contributed by atoms with Crippen LogP contribution in [0.25, 0.3) is 0 Å². The van der Waals surface area contributed by atoms with E-state index in [1.165, 1.54) is 0 Å². The molecule has 3 rings (SSSR count). The number of halogens is 2. The van der Waals surface area contributed by atoms with Gasteiger partial charge in [-0.3, -0.25) is 0 Å². The number of nitrogens with one attached hydrogen (secondary N) is 1. The SMILES string of the molecule is CCN1CCN(c2cnnc(Nc3cc(Cl)cc(Cl)c3)n2)CC1. The molecule has 0 aliphatic carbocycles.